The van der Waals surface area contributed by atoms with Crippen LogP contribution in [0.25, 0.3) is 0 Å². The molecule has 1 N–H and O–H groups in total. The summed E-state index contributed by atoms with van der Waals surface area (Å²) in [7, 11) is 0. The molecule has 0 aromatic heterocycles. The Morgan fingerprint density at radius 2 is 2.20 bits per heavy atom. The van der Waals surface area contributed by atoms with Crippen LogP contribution in [-0.2, 0) is 11.2 Å². The highest BCUT2D eigenvalue weighted by molar-refractivity contribution is 6.35. The zero-order valence-electron chi connectivity index (χ0n) is 11.3. The number of carbonyl (C=O) groups excluding carboxylic acids is 1. The van der Waals surface area contributed by atoms with Crippen molar-refractivity contribution in [3.8, 4) is 0 Å². The molecule has 1 aliphatic rings. The van der Waals surface area contributed by atoms with Crippen molar-refractivity contribution in [2.75, 3.05) is 19.7 Å². The fraction of sp³-hybridized carbons (Fsp3) is 0.533. The number of rotatable bonds is 5. The Kier molecular flexibility index (Phi) is 5.70. The van der Waals surface area contributed by atoms with Crippen LogP contribution >= 0.6 is 23.2 Å². The van der Waals surface area contributed by atoms with E-state index in [1.54, 1.807) is 12.1 Å². The van der Waals surface area contributed by atoms with Crippen LogP contribution in [0.5, 0.6) is 0 Å². The Morgan fingerprint density at radius 1 is 1.40 bits per heavy atom. The lowest BCUT2D eigenvalue weighted by Crippen LogP contribution is -2.29. The van der Waals surface area contributed by atoms with E-state index in [-0.39, 0.29) is 12.5 Å². The Morgan fingerprint density at radius 3 is 2.90 bits per heavy atom. The lowest BCUT2D eigenvalue weighted by atomic mass is 10.1. The van der Waals surface area contributed by atoms with Crippen molar-refractivity contribution in [2.45, 2.75) is 25.7 Å². The number of nitrogens with zero attached hydrogens (tertiary/aromatic N) is 1. The maximum absolute atomic E-state index is 12.1. The van der Waals surface area contributed by atoms with E-state index in [0.29, 0.717) is 28.8 Å². The minimum atomic E-state index is 0.163. The molecule has 1 heterocycles. The number of hydrogen-bond acceptors (Lipinski definition) is 2. The van der Waals surface area contributed by atoms with Crippen LogP contribution in [0.15, 0.2) is 18.2 Å². The summed E-state index contributed by atoms with van der Waals surface area (Å²) < 4.78 is 0. The quantitative estimate of drug-likeness (QED) is 0.906. The highest BCUT2D eigenvalue weighted by Crippen LogP contribution is 2.24. The van der Waals surface area contributed by atoms with Crippen molar-refractivity contribution in [2.24, 2.45) is 5.92 Å². The number of aliphatic hydroxyl groups excluding tert-OH is 1. The molecule has 1 aromatic carbocycles. The van der Waals surface area contributed by atoms with Gasteiger partial charge in [-0.1, -0.05) is 29.3 Å². The van der Waals surface area contributed by atoms with E-state index in [1.165, 1.54) is 0 Å². The molecule has 2 rings (SSSR count). The Hall–Kier alpha value is -0.770. The second-order valence-electron chi connectivity index (χ2n) is 5.24. The molecule has 110 valence electrons. The molecule has 1 atom stereocenters. The van der Waals surface area contributed by atoms with Crippen LogP contribution in [0.4, 0.5) is 0 Å². The third kappa shape index (κ3) is 4.11. The first-order valence-corrected chi connectivity index (χ1v) is 7.68. The summed E-state index contributed by atoms with van der Waals surface area (Å²) >= 11 is 11.9. The van der Waals surface area contributed by atoms with E-state index in [4.69, 9.17) is 28.3 Å². The number of aryl methyl sites for hydroxylation is 1. The van der Waals surface area contributed by atoms with Gasteiger partial charge in [-0.15, -0.1) is 0 Å². The van der Waals surface area contributed by atoms with Crippen molar-refractivity contribution < 1.29 is 9.90 Å². The molecule has 1 aliphatic heterocycles. The van der Waals surface area contributed by atoms with Crippen molar-refractivity contribution in [3.05, 3.63) is 33.8 Å². The van der Waals surface area contributed by atoms with Crippen LogP contribution in [0.1, 0.15) is 24.8 Å². The Labute approximate surface area is 129 Å². The number of carbonyl (C=O) groups is 1. The first-order chi connectivity index (χ1) is 9.60. The summed E-state index contributed by atoms with van der Waals surface area (Å²) in [5.74, 6) is 0.611. The number of amides is 1. The van der Waals surface area contributed by atoms with Gasteiger partial charge in [-0.25, -0.2) is 0 Å². The zero-order valence-corrected chi connectivity index (χ0v) is 12.8. The molecule has 1 aromatic rings. The van der Waals surface area contributed by atoms with Crippen LogP contribution < -0.4 is 0 Å². The Bertz CT molecular complexity index is 479. The standard InChI is InChI=1S/C15H19Cl2NO2/c16-13-3-1-12(14(17)9-13)2-4-15(20)18-7-5-11(10-18)6-8-19/h1,3,9,11,19H,2,4-8,10H2. The van der Waals surface area contributed by atoms with Crippen molar-refractivity contribution in [1.82, 2.24) is 4.90 Å². The second-order valence-corrected chi connectivity index (χ2v) is 6.09. The predicted molar refractivity (Wildman–Crippen MR) is 81.2 cm³/mol. The van der Waals surface area contributed by atoms with Crippen LogP contribution in [0.2, 0.25) is 10.0 Å². The lowest BCUT2D eigenvalue weighted by Gasteiger charge is -2.16. The van der Waals surface area contributed by atoms with Gasteiger partial charge in [-0.3, -0.25) is 4.79 Å². The molecule has 0 bridgehead atoms. The van der Waals surface area contributed by atoms with E-state index < -0.39 is 0 Å². The third-order valence-corrected chi connectivity index (χ3v) is 4.39. The summed E-state index contributed by atoms with van der Waals surface area (Å²) in [5.41, 5.74) is 0.954. The van der Waals surface area contributed by atoms with Crippen LogP contribution in [0, 0.1) is 5.92 Å². The molecule has 0 radical (unpaired) electrons. The highest BCUT2D eigenvalue weighted by Gasteiger charge is 2.25. The molecule has 1 fully saturated rings. The maximum Gasteiger partial charge on any atom is 0.222 e. The molecular formula is C15H19Cl2NO2. The molecule has 0 saturated carbocycles. The van der Waals surface area contributed by atoms with Gasteiger partial charge in [-0.2, -0.15) is 0 Å². The smallest absolute Gasteiger partial charge is 0.222 e. The molecule has 1 unspecified atom stereocenters. The van der Waals surface area contributed by atoms with Gasteiger partial charge in [0.25, 0.3) is 0 Å². The molecule has 1 saturated heterocycles. The summed E-state index contributed by atoms with van der Waals surface area (Å²) in [6.45, 7) is 1.78. The van der Waals surface area contributed by atoms with Gasteiger partial charge in [0.05, 0.1) is 0 Å². The summed E-state index contributed by atoms with van der Waals surface area (Å²) in [5, 5.41) is 10.2. The molecule has 20 heavy (non-hydrogen) atoms. The number of benzene rings is 1. The second kappa shape index (κ2) is 7.30. The molecule has 0 aliphatic carbocycles. The third-order valence-electron chi connectivity index (χ3n) is 3.80. The van der Waals surface area contributed by atoms with Crippen LogP contribution in [-0.4, -0.2) is 35.6 Å². The average Bonchev–Trinajstić information content (AvgIpc) is 2.86. The first kappa shape index (κ1) is 15.6. The largest absolute Gasteiger partial charge is 0.396 e. The van der Waals surface area contributed by atoms with E-state index in [9.17, 15) is 4.79 Å². The first-order valence-electron chi connectivity index (χ1n) is 6.92. The monoisotopic (exact) mass is 315 g/mol. The van der Waals surface area contributed by atoms with E-state index in [0.717, 1.165) is 31.5 Å². The molecule has 3 nitrogen and oxygen atoms in total. The number of likely N-dealkylation sites (tertiary alicyclic amines) is 1. The van der Waals surface area contributed by atoms with Gasteiger partial charge in [0.2, 0.25) is 5.91 Å². The predicted octanol–water partition coefficient (Wildman–Crippen LogP) is 3.16. The van der Waals surface area contributed by atoms with Crippen LogP contribution in [0.3, 0.4) is 0 Å². The van der Waals surface area contributed by atoms with Gasteiger partial charge in [0.1, 0.15) is 0 Å². The zero-order chi connectivity index (χ0) is 14.5. The lowest BCUT2D eigenvalue weighted by molar-refractivity contribution is -0.130. The maximum atomic E-state index is 12.1. The van der Waals surface area contributed by atoms with Gasteiger partial charge in [0.15, 0.2) is 0 Å². The van der Waals surface area contributed by atoms with Crippen molar-refractivity contribution in [1.29, 1.82) is 0 Å². The minimum Gasteiger partial charge on any atom is -0.396 e. The number of aliphatic hydroxyl groups is 1. The van der Waals surface area contributed by atoms with E-state index >= 15 is 0 Å². The fourth-order valence-electron chi connectivity index (χ4n) is 2.60. The number of hydrogen-bond donors (Lipinski definition) is 1. The van der Waals surface area contributed by atoms with E-state index in [2.05, 4.69) is 0 Å². The topological polar surface area (TPSA) is 40.5 Å². The van der Waals surface area contributed by atoms with Gasteiger partial charge in [-0.05, 0) is 42.9 Å². The minimum absolute atomic E-state index is 0.163. The van der Waals surface area contributed by atoms with Gasteiger partial charge in [0, 0.05) is 36.2 Å². The van der Waals surface area contributed by atoms with Crippen molar-refractivity contribution >= 4 is 29.1 Å². The summed E-state index contributed by atoms with van der Waals surface area (Å²) in [6.07, 6.45) is 2.88. The summed E-state index contributed by atoms with van der Waals surface area (Å²) in [4.78, 5) is 14.0. The molecule has 5 heteroatoms. The number of halogens is 2. The Balaban J connectivity index is 1.83. The molecular weight excluding hydrogens is 297 g/mol. The molecule has 1 amide bonds. The SMILES string of the molecule is O=C(CCc1ccc(Cl)cc1Cl)N1CCC(CCO)C1. The average molecular weight is 316 g/mol. The highest BCUT2D eigenvalue weighted by atomic mass is 35.5. The van der Waals surface area contributed by atoms with E-state index in [1.807, 2.05) is 11.0 Å². The normalized spacial score (nSPS) is 18.6. The fourth-order valence-corrected chi connectivity index (χ4v) is 3.10. The van der Waals surface area contributed by atoms with Gasteiger partial charge < -0.3 is 10.0 Å². The molecule has 0 spiro atoms. The van der Waals surface area contributed by atoms with Crippen molar-refractivity contribution in [3.63, 3.8) is 0 Å². The van der Waals surface area contributed by atoms with Gasteiger partial charge >= 0.3 is 0 Å². The summed E-state index contributed by atoms with van der Waals surface area (Å²) in [6, 6.07) is 5.37.